The Labute approximate surface area is 98.9 Å². The van der Waals surface area contributed by atoms with E-state index in [-0.39, 0.29) is 17.9 Å². The van der Waals surface area contributed by atoms with Gasteiger partial charge in [-0.25, -0.2) is 4.98 Å². The Kier molecular flexibility index (Phi) is 2.90. The van der Waals surface area contributed by atoms with E-state index < -0.39 is 0 Å². The second-order valence-electron chi connectivity index (χ2n) is 3.90. The number of aromatic nitrogens is 5. The van der Waals surface area contributed by atoms with E-state index in [1.807, 2.05) is 13.1 Å². The van der Waals surface area contributed by atoms with Gasteiger partial charge < -0.3 is 16.0 Å². The van der Waals surface area contributed by atoms with E-state index in [9.17, 15) is 0 Å². The number of hydrogen-bond donors (Lipinski definition) is 2. The molecule has 17 heavy (non-hydrogen) atoms. The molecule has 0 saturated carbocycles. The third-order valence-corrected chi connectivity index (χ3v) is 2.53. The third-order valence-electron chi connectivity index (χ3n) is 2.53. The molecule has 1 unspecified atom stereocenters. The van der Waals surface area contributed by atoms with Crippen LogP contribution in [0.5, 0.6) is 0 Å². The molecule has 0 amide bonds. The van der Waals surface area contributed by atoms with Crippen molar-refractivity contribution in [2.75, 3.05) is 11.5 Å². The summed E-state index contributed by atoms with van der Waals surface area (Å²) in [6.45, 7) is 4.01. The number of nitrogens with zero attached hydrogens (tertiary/aromatic N) is 5. The smallest absolute Gasteiger partial charge is 0.225 e. The Morgan fingerprint density at radius 2 is 1.88 bits per heavy atom. The van der Waals surface area contributed by atoms with Crippen molar-refractivity contribution in [2.24, 2.45) is 0 Å². The monoisotopic (exact) mass is 233 g/mol. The molecule has 7 heteroatoms. The van der Waals surface area contributed by atoms with E-state index in [0.29, 0.717) is 12.2 Å². The maximum absolute atomic E-state index is 5.52. The Balaban J connectivity index is 2.18. The maximum Gasteiger partial charge on any atom is 0.225 e. The van der Waals surface area contributed by atoms with Gasteiger partial charge in [-0.1, -0.05) is 0 Å². The van der Waals surface area contributed by atoms with Crippen LogP contribution in [0.2, 0.25) is 0 Å². The van der Waals surface area contributed by atoms with Gasteiger partial charge in [-0.05, 0) is 13.8 Å². The summed E-state index contributed by atoms with van der Waals surface area (Å²) in [5, 5.41) is 0. The summed E-state index contributed by atoms with van der Waals surface area (Å²) in [7, 11) is 0. The summed E-state index contributed by atoms with van der Waals surface area (Å²) in [5.41, 5.74) is 11.0. The van der Waals surface area contributed by atoms with Crippen molar-refractivity contribution in [3.63, 3.8) is 0 Å². The Morgan fingerprint density at radius 1 is 1.24 bits per heavy atom. The summed E-state index contributed by atoms with van der Waals surface area (Å²) < 4.78 is 2.05. The van der Waals surface area contributed by atoms with Gasteiger partial charge in [0.2, 0.25) is 11.9 Å². The zero-order chi connectivity index (χ0) is 12.4. The van der Waals surface area contributed by atoms with Crippen molar-refractivity contribution in [2.45, 2.75) is 26.3 Å². The molecule has 0 aliphatic rings. The number of hydrogen-bond acceptors (Lipinski definition) is 6. The van der Waals surface area contributed by atoms with E-state index in [2.05, 4.69) is 31.4 Å². The molecule has 1 atom stereocenters. The average Bonchev–Trinajstić information content (AvgIpc) is 2.62. The van der Waals surface area contributed by atoms with Crippen LogP contribution in [-0.2, 0) is 6.42 Å². The van der Waals surface area contributed by atoms with Gasteiger partial charge in [-0.2, -0.15) is 15.0 Å². The first-order valence-electron chi connectivity index (χ1n) is 5.31. The van der Waals surface area contributed by atoms with Crippen LogP contribution in [0.1, 0.15) is 24.6 Å². The number of aryl methyl sites for hydroxylation is 1. The highest BCUT2D eigenvalue weighted by molar-refractivity contribution is 5.25. The van der Waals surface area contributed by atoms with E-state index >= 15 is 0 Å². The van der Waals surface area contributed by atoms with Crippen LogP contribution in [0.25, 0.3) is 0 Å². The summed E-state index contributed by atoms with van der Waals surface area (Å²) in [4.78, 5) is 16.0. The van der Waals surface area contributed by atoms with Crippen LogP contribution in [0.4, 0.5) is 11.9 Å². The first kappa shape index (κ1) is 11.3. The van der Waals surface area contributed by atoms with Crippen molar-refractivity contribution in [1.29, 1.82) is 0 Å². The molecule has 2 heterocycles. The lowest BCUT2D eigenvalue weighted by Gasteiger charge is -2.14. The minimum Gasteiger partial charge on any atom is -0.368 e. The molecule has 0 bridgehead atoms. The first-order chi connectivity index (χ1) is 8.06. The molecule has 0 saturated heterocycles. The second-order valence-corrected chi connectivity index (χ2v) is 3.90. The van der Waals surface area contributed by atoms with E-state index in [4.69, 9.17) is 11.5 Å². The van der Waals surface area contributed by atoms with Crippen LogP contribution in [-0.4, -0.2) is 24.5 Å². The minimum atomic E-state index is 0.155. The van der Waals surface area contributed by atoms with Gasteiger partial charge in [-0.3, -0.25) is 0 Å². The molecule has 90 valence electrons. The molecule has 0 spiro atoms. The third kappa shape index (κ3) is 2.49. The molecule has 0 radical (unpaired) electrons. The molecule has 7 nitrogen and oxygen atoms in total. The van der Waals surface area contributed by atoms with Crippen LogP contribution in [0, 0.1) is 6.92 Å². The van der Waals surface area contributed by atoms with Gasteiger partial charge in [0.1, 0.15) is 11.6 Å². The minimum absolute atomic E-state index is 0.155. The lowest BCUT2D eigenvalue weighted by Crippen LogP contribution is -2.13. The Hall–Kier alpha value is -2.18. The van der Waals surface area contributed by atoms with Crippen molar-refractivity contribution in [3.05, 3.63) is 24.0 Å². The summed E-state index contributed by atoms with van der Waals surface area (Å²) in [5.74, 6) is 1.85. The van der Waals surface area contributed by atoms with E-state index in [0.717, 1.165) is 5.82 Å². The van der Waals surface area contributed by atoms with Crippen LogP contribution >= 0.6 is 0 Å². The fraction of sp³-hybridized carbons (Fsp3) is 0.400. The fourth-order valence-corrected chi connectivity index (χ4v) is 1.76. The molecule has 2 aromatic rings. The Bertz CT molecular complexity index is 499. The topological polar surface area (TPSA) is 109 Å². The predicted molar refractivity (Wildman–Crippen MR) is 64.0 cm³/mol. The lowest BCUT2D eigenvalue weighted by molar-refractivity contribution is 0.518. The fourth-order valence-electron chi connectivity index (χ4n) is 1.76. The largest absolute Gasteiger partial charge is 0.368 e. The molecule has 2 rings (SSSR count). The van der Waals surface area contributed by atoms with Gasteiger partial charge >= 0.3 is 0 Å². The molecule has 0 fully saturated rings. The molecule has 0 aromatic carbocycles. The molecule has 2 aromatic heterocycles. The quantitative estimate of drug-likeness (QED) is 0.791. The number of nitrogen functional groups attached to an aromatic ring is 2. The number of anilines is 2. The highest BCUT2D eigenvalue weighted by atomic mass is 15.1. The summed E-state index contributed by atoms with van der Waals surface area (Å²) >= 11 is 0. The van der Waals surface area contributed by atoms with Gasteiger partial charge in [0.05, 0.1) is 0 Å². The molecular weight excluding hydrogens is 218 g/mol. The van der Waals surface area contributed by atoms with Crippen molar-refractivity contribution in [1.82, 2.24) is 24.5 Å². The number of rotatable bonds is 3. The van der Waals surface area contributed by atoms with Gasteiger partial charge in [-0.15, -0.1) is 0 Å². The SMILES string of the molecule is Cc1nccn1C(C)Cc1nc(N)nc(N)n1. The first-order valence-corrected chi connectivity index (χ1v) is 5.31. The molecule has 0 aliphatic heterocycles. The van der Waals surface area contributed by atoms with Crippen LogP contribution in [0.15, 0.2) is 12.4 Å². The van der Waals surface area contributed by atoms with Crippen LogP contribution in [0.3, 0.4) is 0 Å². The zero-order valence-electron chi connectivity index (χ0n) is 9.83. The summed E-state index contributed by atoms with van der Waals surface area (Å²) in [6, 6.07) is 0.193. The maximum atomic E-state index is 5.52. The van der Waals surface area contributed by atoms with Crippen molar-refractivity contribution >= 4 is 11.9 Å². The second kappa shape index (κ2) is 4.36. The highest BCUT2D eigenvalue weighted by Crippen LogP contribution is 2.13. The van der Waals surface area contributed by atoms with Crippen LogP contribution < -0.4 is 11.5 Å². The van der Waals surface area contributed by atoms with Gasteiger partial charge in [0.25, 0.3) is 0 Å². The normalized spacial score (nSPS) is 12.6. The number of nitrogens with two attached hydrogens (primary N) is 2. The highest BCUT2D eigenvalue weighted by Gasteiger charge is 2.11. The van der Waals surface area contributed by atoms with Gasteiger partial charge in [0, 0.05) is 24.9 Å². The predicted octanol–water partition coefficient (Wildman–Crippen LogP) is 0.345. The van der Waals surface area contributed by atoms with Gasteiger partial charge in [0.15, 0.2) is 0 Å². The molecular formula is C10H15N7. The molecule has 0 aliphatic carbocycles. The lowest BCUT2D eigenvalue weighted by atomic mass is 10.2. The van der Waals surface area contributed by atoms with E-state index in [1.54, 1.807) is 6.20 Å². The van der Waals surface area contributed by atoms with Crippen molar-refractivity contribution < 1.29 is 0 Å². The summed E-state index contributed by atoms with van der Waals surface area (Å²) in [6.07, 6.45) is 4.32. The zero-order valence-corrected chi connectivity index (χ0v) is 9.83. The van der Waals surface area contributed by atoms with E-state index in [1.165, 1.54) is 0 Å². The van der Waals surface area contributed by atoms with Crippen molar-refractivity contribution in [3.8, 4) is 0 Å². The molecule has 4 N–H and O–H groups in total. The standard InChI is InChI=1S/C10H15N7/c1-6(17-4-3-13-7(17)2)5-8-14-9(11)16-10(12)15-8/h3-4,6H,5H2,1-2H3,(H4,11,12,14,15,16). The number of imidazole rings is 1. The Morgan fingerprint density at radius 3 is 2.41 bits per heavy atom. The average molecular weight is 233 g/mol.